The summed E-state index contributed by atoms with van der Waals surface area (Å²) in [4.78, 5) is 4.85. The largest absolute Gasteiger partial charge is 0.494 e. The van der Waals surface area contributed by atoms with Crippen LogP contribution in [0.25, 0.3) is 0 Å². The Morgan fingerprint density at radius 3 is 2.27 bits per heavy atom. The molecule has 0 saturated carbocycles. The van der Waals surface area contributed by atoms with E-state index in [1.54, 1.807) is 0 Å². The maximum absolute atomic E-state index is 11.8. The molecule has 3 saturated heterocycles. The van der Waals surface area contributed by atoms with Crippen molar-refractivity contribution in [3.63, 3.8) is 0 Å². The van der Waals surface area contributed by atoms with E-state index in [1.165, 1.54) is 31.5 Å². The van der Waals surface area contributed by atoms with Crippen molar-refractivity contribution in [2.75, 3.05) is 70.6 Å². The van der Waals surface area contributed by atoms with Gasteiger partial charge in [-0.25, -0.2) is 8.42 Å². The van der Waals surface area contributed by atoms with Crippen LogP contribution in [0.4, 0.5) is 0 Å². The van der Waals surface area contributed by atoms with Crippen LogP contribution < -0.4 is 4.74 Å². The highest BCUT2D eigenvalue weighted by Crippen LogP contribution is 2.37. The predicted octanol–water partition coefficient (Wildman–Crippen LogP) is 2.33. The van der Waals surface area contributed by atoms with E-state index in [2.05, 4.69) is 34.1 Å². The van der Waals surface area contributed by atoms with Gasteiger partial charge in [0.2, 0.25) is 0 Å². The molecule has 6 nitrogen and oxygen atoms in total. The quantitative estimate of drug-likeness (QED) is 0.583. The summed E-state index contributed by atoms with van der Waals surface area (Å²) in [7, 11) is -2.85. The molecular weight excluding hydrogens is 400 g/mol. The van der Waals surface area contributed by atoms with Crippen LogP contribution in [-0.4, -0.2) is 88.8 Å². The van der Waals surface area contributed by atoms with Gasteiger partial charge < -0.3 is 19.3 Å². The molecular formula is C23H36N2O4S. The Hall–Kier alpha value is -1.15. The van der Waals surface area contributed by atoms with Crippen LogP contribution in [0.3, 0.4) is 0 Å². The van der Waals surface area contributed by atoms with Crippen molar-refractivity contribution in [3.05, 3.63) is 29.8 Å². The fourth-order valence-electron chi connectivity index (χ4n) is 5.03. The summed E-state index contributed by atoms with van der Waals surface area (Å²) >= 11 is 0. The van der Waals surface area contributed by atoms with Crippen molar-refractivity contribution in [2.45, 2.75) is 37.5 Å². The van der Waals surface area contributed by atoms with Crippen LogP contribution in [0.5, 0.6) is 5.75 Å². The highest BCUT2D eigenvalue weighted by atomic mass is 32.2. The zero-order valence-electron chi connectivity index (χ0n) is 18.1. The van der Waals surface area contributed by atoms with Crippen LogP contribution in [-0.2, 0) is 20.0 Å². The molecule has 1 aromatic carbocycles. The number of sulfone groups is 1. The minimum atomic E-state index is -2.85. The maximum atomic E-state index is 11.8. The Labute approximate surface area is 181 Å². The van der Waals surface area contributed by atoms with Crippen LogP contribution in [0, 0.1) is 0 Å². The van der Waals surface area contributed by atoms with Gasteiger partial charge >= 0.3 is 0 Å². The van der Waals surface area contributed by atoms with E-state index >= 15 is 0 Å². The second kappa shape index (κ2) is 9.98. The van der Waals surface area contributed by atoms with Crippen LogP contribution in [0.1, 0.15) is 37.7 Å². The molecule has 4 rings (SSSR count). The van der Waals surface area contributed by atoms with E-state index in [1.807, 2.05) is 0 Å². The SMILES string of the molecule is O=S1(=O)CCN(CC2(c3ccc(OCCCN4CCCC4)cc3)CCOCC2)CC1. The van der Waals surface area contributed by atoms with Crippen molar-refractivity contribution < 1.29 is 17.9 Å². The van der Waals surface area contributed by atoms with Gasteiger partial charge in [0.05, 0.1) is 18.1 Å². The first-order chi connectivity index (χ1) is 14.5. The normalized spacial score (nSPS) is 24.7. The molecule has 0 radical (unpaired) electrons. The molecule has 0 aliphatic carbocycles. The van der Waals surface area contributed by atoms with Gasteiger partial charge in [-0.1, -0.05) is 12.1 Å². The van der Waals surface area contributed by atoms with Gasteiger partial charge in [0, 0.05) is 44.8 Å². The molecule has 0 unspecified atom stereocenters. The number of ether oxygens (including phenoxy) is 2. The third-order valence-electron chi connectivity index (χ3n) is 6.97. The Balaban J connectivity index is 1.34. The van der Waals surface area contributed by atoms with Gasteiger partial charge in [0.1, 0.15) is 5.75 Å². The smallest absolute Gasteiger partial charge is 0.152 e. The predicted molar refractivity (Wildman–Crippen MR) is 119 cm³/mol. The van der Waals surface area contributed by atoms with E-state index in [-0.39, 0.29) is 16.9 Å². The van der Waals surface area contributed by atoms with Gasteiger partial charge in [-0.15, -0.1) is 0 Å². The summed E-state index contributed by atoms with van der Waals surface area (Å²) in [5, 5.41) is 0. The molecule has 168 valence electrons. The highest BCUT2D eigenvalue weighted by molar-refractivity contribution is 7.91. The lowest BCUT2D eigenvalue weighted by atomic mass is 9.73. The minimum Gasteiger partial charge on any atom is -0.494 e. The Morgan fingerprint density at radius 2 is 1.60 bits per heavy atom. The molecule has 0 spiro atoms. The van der Waals surface area contributed by atoms with E-state index in [9.17, 15) is 8.42 Å². The summed E-state index contributed by atoms with van der Waals surface area (Å²) < 4.78 is 35.2. The second-order valence-electron chi connectivity index (χ2n) is 9.10. The molecule has 7 heteroatoms. The third-order valence-corrected chi connectivity index (χ3v) is 8.58. The fraction of sp³-hybridized carbons (Fsp3) is 0.739. The first kappa shape index (κ1) is 22.1. The van der Waals surface area contributed by atoms with Crippen molar-refractivity contribution in [1.82, 2.24) is 9.80 Å². The van der Waals surface area contributed by atoms with Crippen LogP contribution in [0.15, 0.2) is 24.3 Å². The Bertz CT molecular complexity index is 755. The summed E-state index contributed by atoms with van der Waals surface area (Å²) in [6.45, 7) is 8.09. The van der Waals surface area contributed by atoms with Gasteiger partial charge in [-0.05, 0) is 62.9 Å². The zero-order valence-corrected chi connectivity index (χ0v) is 18.9. The Kier molecular flexibility index (Phi) is 7.34. The maximum Gasteiger partial charge on any atom is 0.152 e. The second-order valence-corrected chi connectivity index (χ2v) is 11.4. The summed E-state index contributed by atoms with van der Waals surface area (Å²) in [6, 6.07) is 8.62. The fourth-order valence-corrected chi connectivity index (χ4v) is 6.30. The molecule has 3 aliphatic rings. The van der Waals surface area contributed by atoms with E-state index < -0.39 is 9.84 Å². The standard InChI is InChI=1S/C23H36N2O4S/c26-30(27)18-13-25(14-19-30)20-23(8-16-28-17-9-23)21-4-6-22(7-5-21)29-15-3-12-24-10-1-2-11-24/h4-7H,1-3,8-20H2. The molecule has 3 aliphatic heterocycles. The number of likely N-dealkylation sites (tertiary alicyclic amines) is 1. The van der Waals surface area contributed by atoms with Gasteiger partial charge in [0.15, 0.2) is 9.84 Å². The molecule has 0 atom stereocenters. The van der Waals surface area contributed by atoms with Crippen molar-refractivity contribution in [3.8, 4) is 5.75 Å². The average molecular weight is 437 g/mol. The summed E-state index contributed by atoms with van der Waals surface area (Å²) in [6.07, 6.45) is 5.70. The first-order valence-corrected chi connectivity index (χ1v) is 13.3. The minimum absolute atomic E-state index is 0.0354. The summed E-state index contributed by atoms with van der Waals surface area (Å²) in [5.74, 6) is 1.50. The molecule has 1 aromatic rings. The molecule has 30 heavy (non-hydrogen) atoms. The van der Waals surface area contributed by atoms with Gasteiger partial charge in [-0.3, -0.25) is 0 Å². The highest BCUT2D eigenvalue weighted by Gasteiger charge is 2.37. The third kappa shape index (κ3) is 5.75. The molecule has 0 aromatic heterocycles. The lowest BCUT2D eigenvalue weighted by Crippen LogP contribution is -2.49. The van der Waals surface area contributed by atoms with E-state index in [0.29, 0.717) is 13.1 Å². The topological polar surface area (TPSA) is 59.1 Å². The van der Waals surface area contributed by atoms with Gasteiger partial charge in [0.25, 0.3) is 0 Å². The number of nitrogens with zero attached hydrogens (tertiary/aromatic N) is 2. The number of rotatable bonds is 8. The zero-order chi connectivity index (χ0) is 20.9. The monoisotopic (exact) mass is 436 g/mol. The first-order valence-electron chi connectivity index (χ1n) is 11.5. The summed E-state index contributed by atoms with van der Waals surface area (Å²) in [5.41, 5.74) is 1.36. The van der Waals surface area contributed by atoms with Crippen LogP contribution >= 0.6 is 0 Å². The van der Waals surface area contributed by atoms with Crippen molar-refractivity contribution in [2.24, 2.45) is 0 Å². The van der Waals surface area contributed by atoms with Gasteiger partial charge in [-0.2, -0.15) is 0 Å². The van der Waals surface area contributed by atoms with Crippen molar-refractivity contribution in [1.29, 1.82) is 0 Å². The molecule has 0 amide bonds. The number of benzene rings is 1. The average Bonchev–Trinajstić information content (AvgIpc) is 3.28. The van der Waals surface area contributed by atoms with Crippen LogP contribution in [0.2, 0.25) is 0 Å². The number of hydrogen-bond acceptors (Lipinski definition) is 6. The molecule has 3 heterocycles. The Morgan fingerprint density at radius 1 is 0.933 bits per heavy atom. The lowest BCUT2D eigenvalue weighted by molar-refractivity contribution is 0.0349. The molecule has 0 bridgehead atoms. The number of hydrogen-bond donors (Lipinski definition) is 0. The van der Waals surface area contributed by atoms with E-state index in [4.69, 9.17) is 9.47 Å². The molecule has 3 fully saturated rings. The molecule has 0 N–H and O–H groups in total. The van der Waals surface area contributed by atoms with Crippen molar-refractivity contribution >= 4 is 9.84 Å². The lowest BCUT2D eigenvalue weighted by Gasteiger charge is -2.42. The van der Waals surface area contributed by atoms with E-state index in [0.717, 1.165) is 57.9 Å².